The lowest BCUT2D eigenvalue weighted by Crippen LogP contribution is -2.45. The van der Waals surface area contributed by atoms with Crippen molar-refractivity contribution in [1.82, 2.24) is 10.2 Å². The number of benzene rings is 1. The standard InChI is InChI=1S/C15H21F3N2S.2ClH/c1-2-3-14(20-10-8-19-9-11-20)12-4-6-13(7-5-12)21-15(16,17)18;;/h4-7,14,19H,2-3,8-11H2,1H3;2*1H/t14-;;/m1../s1. The number of halogens is 5. The monoisotopic (exact) mass is 390 g/mol. The molecule has 1 aliphatic rings. The Kier molecular flexibility index (Phi) is 10.6. The third-order valence-corrected chi connectivity index (χ3v) is 4.39. The van der Waals surface area contributed by atoms with Crippen molar-refractivity contribution in [2.45, 2.75) is 36.2 Å². The fourth-order valence-electron chi connectivity index (χ4n) is 2.72. The Bertz CT molecular complexity index is 437. The quantitative estimate of drug-likeness (QED) is 0.720. The Morgan fingerprint density at radius 3 is 2.17 bits per heavy atom. The van der Waals surface area contributed by atoms with Crippen LogP contribution in [0.1, 0.15) is 31.4 Å². The Balaban J connectivity index is 0.00000242. The fraction of sp³-hybridized carbons (Fsp3) is 0.600. The number of hydrogen-bond donors (Lipinski definition) is 1. The normalized spacial score (nSPS) is 17.0. The lowest BCUT2D eigenvalue weighted by atomic mass is 10.00. The summed E-state index contributed by atoms with van der Waals surface area (Å²) in [4.78, 5) is 2.67. The second kappa shape index (κ2) is 10.7. The second-order valence-electron chi connectivity index (χ2n) is 5.21. The van der Waals surface area contributed by atoms with Crippen LogP contribution in [0.3, 0.4) is 0 Å². The number of piperazine rings is 1. The minimum absolute atomic E-state index is 0. The van der Waals surface area contributed by atoms with Crippen LogP contribution in [-0.2, 0) is 0 Å². The van der Waals surface area contributed by atoms with Crippen molar-refractivity contribution in [3.05, 3.63) is 29.8 Å². The average Bonchev–Trinajstić information content (AvgIpc) is 2.45. The van der Waals surface area contributed by atoms with E-state index in [2.05, 4.69) is 17.1 Å². The third-order valence-electron chi connectivity index (χ3n) is 3.65. The maximum absolute atomic E-state index is 12.4. The van der Waals surface area contributed by atoms with Gasteiger partial charge in [-0.2, -0.15) is 13.2 Å². The summed E-state index contributed by atoms with van der Waals surface area (Å²) in [6.07, 6.45) is 2.10. The molecule has 134 valence electrons. The Morgan fingerprint density at radius 2 is 1.70 bits per heavy atom. The molecule has 0 aromatic heterocycles. The highest BCUT2D eigenvalue weighted by Crippen LogP contribution is 2.37. The Hall–Kier alpha value is -0.140. The van der Waals surface area contributed by atoms with Crippen LogP contribution in [0.5, 0.6) is 0 Å². The molecule has 1 aliphatic heterocycles. The van der Waals surface area contributed by atoms with Crippen LogP contribution in [0.25, 0.3) is 0 Å². The molecule has 1 heterocycles. The van der Waals surface area contributed by atoms with Gasteiger partial charge in [-0.3, -0.25) is 4.90 Å². The highest BCUT2D eigenvalue weighted by atomic mass is 35.5. The summed E-state index contributed by atoms with van der Waals surface area (Å²) in [5, 5.41) is 3.33. The molecule has 1 atom stereocenters. The molecule has 1 aromatic rings. The van der Waals surface area contributed by atoms with E-state index >= 15 is 0 Å². The number of rotatable bonds is 5. The van der Waals surface area contributed by atoms with Gasteiger partial charge in [0.15, 0.2) is 0 Å². The Labute approximate surface area is 152 Å². The zero-order valence-electron chi connectivity index (χ0n) is 12.9. The van der Waals surface area contributed by atoms with Gasteiger partial charge in [-0.05, 0) is 35.9 Å². The van der Waals surface area contributed by atoms with E-state index in [0.717, 1.165) is 44.6 Å². The first-order valence-corrected chi connectivity index (χ1v) is 8.11. The van der Waals surface area contributed by atoms with Gasteiger partial charge in [0.25, 0.3) is 0 Å². The fourth-order valence-corrected chi connectivity index (χ4v) is 3.26. The zero-order valence-corrected chi connectivity index (χ0v) is 15.4. The summed E-state index contributed by atoms with van der Waals surface area (Å²) in [7, 11) is 0. The first kappa shape index (κ1) is 22.9. The van der Waals surface area contributed by atoms with Crippen molar-refractivity contribution in [2.24, 2.45) is 0 Å². The largest absolute Gasteiger partial charge is 0.446 e. The van der Waals surface area contributed by atoms with E-state index in [-0.39, 0.29) is 41.5 Å². The van der Waals surface area contributed by atoms with Gasteiger partial charge in [0.1, 0.15) is 0 Å². The molecule has 0 spiro atoms. The molecule has 2 nitrogen and oxygen atoms in total. The smallest absolute Gasteiger partial charge is 0.314 e. The van der Waals surface area contributed by atoms with Crippen molar-refractivity contribution in [3.8, 4) is 0 Å². The molecule has 23 heavy (non-hydrogen) atoms. The van der Waals surface area contributed by atoms with Crippen molar-refractivity contribution in [2.75, 3.05) is 26.2 Å². The van der Waals surface area contributed by atoms with Crippen molar-refractivity contribution >= 4 is 36.6 Å². The van der Waals surface area contributed by atoms with Gasteiger partial charge < -0.3 is 5.32 Å². The van der Waals surface area contributed by atoms with Crippen molar-refractivity contribution in [3.63, 3.8) is 0 Å². The van der Waals surface area contributed by atoms with Crippen LogP contribution in [0, 0.1) is 0 Å². The average molecular weight is 391 g/mol. The van der Waals surface area contributed by atoms with Crippen LogP contribution >= 0.6 is 36.6 Å². The molecule has 1 N–H and O–H groups in total. The molecule has 0 unspecified atom stereocenters. The van der Waals surface area contributed by atoms with Gasteiger partial charge in [0.05, 0.1) is 0 Å². The van der Waals surface area contributed by atoms with Crippen LogP contribution in [0.15, 0.2) is 29.2 Å². The van der Waals surface area contributed by atoms with Crippen LogP contribution in [0.4, 0.5) is 13.2 Å². The lowest BCUT2D eigenvalue weighted by molar-refractivity contribution is -0.0328. The number of thioether (sulfide) groups is 1. The molecule has 0 amide bonds. The van der Waals surface area contributed by atoms with E-state index < -0.39 is 5.51 Å². The SMILES string of the molecule is CCC[C@H](c1ccc(SC(F)(F)F)cc1)N1CCNCC1.Cl.Cl. The molecule has 0 saturated carbocycles. The first-order chi connectivity index (χ1) is 9.99. The van der Waals surface area contributed by atoms with Crippen molar-refractivity contribution < 1.29 is 13.2 Å². The topological polar surface area (TPSA) is 15.3 Å². The highest BCUT2D eigenvalue weighted by Gasteiger charge is 2.29. The molecule has 2 rings (SSSR count). The predicted molar refractivity (Wildman–Crippen MR) is 94.9 cm³/mol. The van der Waals surface area contributed by atoms with E-state index in [1.807, 2.05) is 12.1 Å². The van der Waals surface area contributed by atoms with E-state index in [1.54, 1.807) is 12.1 Å². The number of hydrogen-bond acceptors (Lipinski definition) is 3. The van der Waals surface area contributed by atoms with E-state index in [9.17, 15) is 13.2 Å². The van der Waals surface area contributed by atoms with Gasteiger partial charge in [-0.1, -0.05) is 25.5 Å². The second-order valence-corrected chi connectivity index (χ2v) is 6.35. The third kappa shape index (κ3) is 7.52. The van der Waals surface area contributed by atoms with Crippen LogP contribution in [0.2, 0.25) is 0 Å². The maximum atomic E-state index is 12.4. The molecule has 1 saturated heterocycles. The molecular formula is C15H23Cl2F3N2S. The van der Waals surface area contributed by atoms with Gasteiger partial charge in [0.2, 0.25) is 0 Å². The minimum atomic E-state index is -4.22. The molecule has 1 aromatic carbocycles. The summed E-state index contributed by atoms with van der Waals surface area (Å²) in [6.45, 7) is 6.07. The van der Waals surface area contributed by atoms with E-state index in [0.29, 0.717) is 6.04 Å². The van der Waals surface area contributed by atoms with Crippen LogP contribution < -0.4 is 5.32 Å². The van der Waals surface area contributed by atoms with Gasteiger partial charge >= 0.3 is 5.51 Å². The highest BCUT2D eigenvalue weighted by molar-refractivity contribution is 8.00. The van der Waals surface area contributed by atoms with Gasteiger partial charge in [-0.15, -0.1) is 24.8 Å². The van der Waals surface area contributed by atoms with E-state index in [1.165, 1.54) is 0 Å². The molecule has 0 bridgehead atoms. The number of nitrogens with zero attached hydrogens (tertiary/aromatic N) is 1. The minimum Gasteiger partial charge on any atom is -0.314 e. The molecule has 0 radical (unpaired) electrons. The Morgan fingerprint density at radius 1 is 1.13 bits per heavy atom. The number of nitrogens with one attached hydrogen (secondary N) is 1. The summed E-state index contributed by atoms with van der Waals surface area (Å²) >= 11 is -0.0535. The molecule has 8 heteroatoms. The molecular weight excluding hydrogens is 368 g/mol. The summed E-state index contributed by atoms with van der Waals surface area (Å²) in [6, 6.07) is 7.16. The van der Waals surface area contributed by atoms with Crippen molar-refractivity contribution in [1.29, 1.82) is 0 Å². The molecule has 0 aliphatic carbocycles. The predicted octanol–water partition coefficient (Wildman–Crippen LogP) is 4.89. The lowest BCUT2D eigenvalue weighted by Gasteiger charge is -2.35. The van der Waals surface area contributed by atoms with E-state index in [4.69, 9.17) is 0 Å². The summed E-state index contributed by atoms with van der Waals surface area (Å²) in [5.41, 5.74) is -3.10. The number of alkyl halides is 3. The molecule has 1 fully saturated rings. The van der Waals surface area contributed by atoms with Gasteiger partial charge in [-0.25, -0.2) is 0 Å². The maximum Gasteiger partial charge on any atom is 0.446 e. The first-order valence-electron chi connectivity index (χ1n) is 7.30. The zero-order chi connectivity index (χ0) is 15.3. The summed E-state index contributed by atoms with van der Waals surface area (Å²) < 4.78 is 37.1. The summed E-state index contributed by atoms with van der Waals surface area (Å²) in [5.74, 6) is 0. The van der Waals surface area contributed by atoms with Gasteiger partial charge in [0, 0.05) is 37.1 Å². The van der Waals surface area contributed by atoms with Crippen LogP contribution in [-0.4, -0.2) is 36.6 Å².